The van der Waals surface area contributed by atoms with Gasteiger partial charge < -0.3 is 5.32 Å². The molecule has 1 aliphatic heterocycles. The van der Waals surface area contributed by atoms with Crippen molar-refractivity contribution in [3.63, 3.8) is 0 Å². The second-order valence-corrected chi connectivity index (χ2v) is 8.82. The summed E-state index contributed by atoms with van der Waals surface area (Å²) in [5.74, 6) is -0.941. The van der Waals surface area contributed by atoms with Gasteiger partial charge >= 0.3 is 0 Å². The number of nitrogens with zero attached hydrogens (tertiary/aromatic N) is 1. The summed E-state index contributed by atoms with van der Waals surface area (Å²) in [6.45, 7) is 1.07. The fourth-order valence-corrected chi connectivity index (χ4v) is 4.68. The minimum Gasteiger partial charge on any atom is -0.326 e. The van der Waals surface area contributed by atoms with Crippen molar-refractivity contribution in [3.05, 3.63) is 58.9 Å². The van der Waals surface area contributed by atoms with Gasteiger partial charge in [-0.2, -0.15) is 4.31 Å². The molecule has 1 fully saturated rings. The number of amides is 1. The predicted molar refractivity (Wildman–Crippen MR) is 103 cm³/mol. The predicted octanol–water partition coefficient (Wildman–Crippen LogP) is 3.83. The molecule has 1 heterocycles. The molecule has 3 rings (SSSR count). The third-order valence-electron chi connectivity index (χ3n) is 4.46. The van der Waals surface area contributed by atoms with Crippen molar-refractivity contribution in [2.75, 3.05) is 18.4 Å². The van der Waals surface area contributed by atoms with Crippen LogP contribution in [-0.4, -0.2) is 31.7 Å². The third-order valence-corrected chi connectivity index (χ3v) is 6.60. The molecule has 1 N–H and O–H groups in total. The van der Waals surface area contributed by atoms with Crippen LogP contribution >= 0.6 is 11.6 Å². The third kappa shape index (κ3) is 4.86. The Morgan fingerprint density at radius 2 is 1.74 bits per heavy atom. The Hall–Kier alpha value is -1.96. The monoisotopic (exact) mass is 410 g/mol. The number of hydrogen-bond acceptors (Lipinski definition) is 3. The molecule has 27 heavy (non-hydrogen) atoms. The van der Waals surface area contributed by atoms with Gasteiger partial charge in [-0.25, -0.2) is 12.8 Å². The number of nitrogens with one attached hydrogen (secondary N) is 1. The molecule has 0 spiro atoms. The van der Waals surface area contributed by atoms with Crippen LogP contribution in [-0.2, 0) is 21.2 Å². The van der Waals surface area contributed by atoms with E-state index in [1.807, 2.05) is 0 Å². The van der Waals surface area contributed by atoms with Crippen LogP contribution in [0.4, 0.5) is 10.1 Å². The summed E-state index contributed by atoms with van der Waals surface area (Å²) in [7, 11) is -3.51. The molecular formula is C19H20ClFN2O3S. The molecule has 0 aromatic heterocycles. The molecule has 144 valence electrons. The highest BCUT2D eigenvalue weighted by Gasteiger charge is 2.25. The van der Waals surface area contributed by atoms with E-state index in [2.05, 4.69) is 5.32 Å². The fraction of sp³-hybridized carbons (Fsp3) is 0.316. The van der Waals surface area contributed by atoms with Crippen molar-refractivity contribution >= 4 is 33.2 Å². The minimum atomic E-state index is -3.51. The zero-order valence-corrected chi connectivity index (χ0v) is 16.2. The van der Waals surface area contributed by atoms with E-state index in [1.54, 1.807) is 0 Å². The second-order valence-electron chi connectivity index (χ2n) is 6.45. The lowest BCUT2D eigenvalue weighted by Gasteiger charge is -2.25. The quantitative estimate of drug-likeness (QED) is 0.814. The zero-order valence-electron chi connectivity index (χ0n) is 14.6. The number of piperidine rings is 1. The molecule has 2 aromatic carbocycles. The lowest BCUT2D eigenvalue weighted by molar-refractivity contribution is -0.115. The number of carbonyl (C=O) groups is 1. The number of benzene rings is 2. The molecule has 5 nitrogen and oxygen atoms in total. The van der Waals surface area contributed by atoms with E-state index in [0.29, 0.717) is 18.8 Å². The molecule has 0 radical (unpaired) electrons. The molecule has 2 aromatic rings. The number of hydrogen-bond donors (Lipinski definition) is 1. The van der Waals surface area contributed by atoms with Crippen LogP contribution in [0.25, 0.3) is 0 Å². The highest BCUT2D eigenvalue weighted by Crippen LogP contribution is 2.22. The first-order chi connectivity index (χ1) is 12.9. The Morgan fingerprint density at radius 1 is 1.07 bits per heavy atom. The summed E-state index contributed by atoms with van der Waals surface area (Å²) in [4.78, 5) is 12.3. The Balaban J connectivity index is 1.65. The largest absolute Gasteiger partial charge is 0.326 e. The van der Waals surface area contributed by atoms with E-state index in [0.717, 1.165) is 25.3 Å². The summed E-state index contributed by atoms with van der Waals surface area (Å²) in [6.07, 6.45) is 2.64. The van der Waals surface area contributed by atoms with Crippen molar-refractivity contribution in [2.24, 2.45) is 0 Å². The summed E-state index contributed by atoms with van der Waals surface area (Å²) in [6, 6.07) is 10.2. The van der Waals surface area contributed by atoms with Gasteiger partial charge in [0.25, 0.3) is 0 Å². The van der Waals surface area contributed by atoms with E-state index in [1.165, 1.54) is 40.7 Å². The average Bonchev–Trinajstić information content (AvgIpc) is 2.65. The van der Waals surface area contributed by atoms with E-state index in [9.17, 15) is 17.6 Å². The van der Waals surface area contributed by atoms with Crippen LogP contribution in [0, 0.1) is 5.82 Å². The van der Waals surface area contributed by atoms with Crippen molar-refractivity contribution in [3.8, 4) is 0 Å². The lowest BCUT2D eigenvalue weighted by atomic mass is 10.1. The number of sulfonamides is 1. The highest BCUT2D eigenvalue weighted by atomic mass is 35.5. The van der Waals surface area contributed by atoms with Gasteiger partial charge in [-0.05, 0) is 54.8 Å². The van der Waals surface area contributed by atoms with Gasteiger partial charge in [0.1, 0.15) is 5.82 Å². The minimum absolute atomic E-state index is 0.142. The Morgan fingerprint density at radius 3 is 2.37 bits per heavy atom. The molecule has 0 atom stereocenters. The van der Waals surface area contributed by atoms with Crippen LogP contribution < -0.4 is 5.32 Å². The van der Waals surface area contributed by atoms with Crippen molar-refractivity contribution in [1.82, 2.24) is 4.31 Å². The Labute approximate surface area is 163 Å². The van der Waals surface area contributed by atoms with Gasteiger partial charge in [0, 0.05) is 23.8 Å². The van der Waals surface area contributed by atoms with Crippen molar-refractivity contribution in [2.45, 2.75) is 30.6 Å². The zero-order chi connectivity index (χ0) is 19.4. The maximum atomic E-state index is 13.8. The van der Waals surface area contributed by atoms with Gasteiger partial charge in [0.2, 0.25) is 15.9 Å². The van der Waals surface area contributed by atoms with E-state index in [-0.39, 0.29) is 21.9 Å². The van der Waals surface area contributed by atoms with Crippen molar-refractivity contribution < 1.29 is 17.6 Å². The van der Waals surface area contributed by atoms with Crippen LogP contribution in [0.5, 0.6) is 0 Å². The molecule has 1 amide bonds. The lowest BCUT2D eigenvalue weighted by Crippen LogP contribution is -2.35. The first-order valence-electron chi connectivity index (χ1n) is 8.70. The topological polar surface area (TPSA) is 66.5 Å². The number of halogens is 2. The van der Waals surface area contributed by atoms with Gasteiger partial charge in [-0.15, -0.1) is 0 Å². The molecule has 0 unspecified atom stereocenters. The summed E-state index contributed by atoms with van der Waals surface area (Å²) in [5.41, 5.74) is 0.688. The van der Waals surface area contributed by atoms with E-state index in [4.69, 9.17) is 11.6 Å². The van der Waals surface area contributed by atoms with Gasteiger partial charge in [-0.3, -0.25) is 4.79 Å². The first-order valence-corrected chi connectivity index (χ1v) is 10.5. The molecule has 8 heteroatoms. The summed E-state index contributed by atoms with van der Waals surface area (Å²) in [5, 5.41) is 2.91. The van der Waals surface area contributed by atoms with E-state index >= 15 is 0 Å². The smallest absolute Gasteiger partial charge is 0.243 e. The van der Waals surface area contributed by atoms with Crippen LogP contribution in [0.1, 0.15) is 24.8 Å². The van der Waals surface area contributed by atoms with E-state index < -0.39 is 21.7 Å². The Bertz CT molecular complexity index is 926. The van der Waals surface area contributed by atoms with Gasteiger partial charge in [0.15, 0.2) is 0 Å². The van der Waals surface area contributed by atoms with Gasteiger partial charge in [0.05, 0.1) is 11.3 Å². The molecule has 0 aliphatic carbocycles. The molecule has 1 saturated heterocycles. The normalized spacial score (nSPS) is 15.5. The second kappa shape index (κ2) is 8.37. The molecule has 1 aliphatic rings. The van der Waals surface area contributed by atoms with Crippen LogP contribution in [0.2, 0.25) is 5.02 Å². The number of anilines is 1. The number of rotatable bonds is 5. The Kier molecular flexibility index (Phi) is 6.14. The molecular weight excluding hydrogens is 391 g/mol. The highest BCUT2D eigenvalue weighted by molar-refractivity contribution is 7.89. The van der Waals surface area contributed by atoms with Crippen molar-refractivity contribution in [1.29, 1.82) is 0 Å². The average molecular weight is 411 g/mol. The van der Waals surface area contributed by atoms with Gasteiger partial charge in [-0.1, -0.05) is 24.1 Å². The van der Waals surface area contributed by atoms with Crippen LogP contribution in [0.3, 0.4) is 0 Å². The number of carbonyl (C=O) groups excluding carboxylic acids is 1. The maximum Gasteiger partial charge on any atom is 0.243 e. The standard InChI is InChI=1S/C19H20ClFN2O3S/c20-15-5-4-14(18(21)13-15)12-19(24)22-16-6-8-17(9-7-16)27(25,26)23-10-2-1-3-11-23/h4-9,13H,1-3,10-12H2,(H,22,24). The fourth-order valence-electron chi connectivity index (χ4n) is 3.01. The molecule has 0 bridgehead atoms. The SMILES string of the molecule is O=C(Cc1ccc(Cl)cc1F)Nc1ccc(S(=O)(=O)N2CCCCC2)cc1. The summed E-state index contributed by atoms with van der Waals surface area (Å²) >= 11 is 5.70. The summed E-state index contributed by atoms with van der Waals surface area (Å²) < 4.78 is 40.5. The first kappa shape index (κ1) is 19.8. The van der Waals surface area contributed by atoms with Crippen LogP contribution in [0.15, 0.2) is 47.4 Å². The maximum absolute atomic E-state index is 13.8. The molecule has 0 saturated carbocycles.